The molecule has 1 atom stereocenters. The number of carbonyl (C=O) groups is 2. The third kappa shape index (κ3) is 4.08. The third-order valence-corrected chi connectivity index (χ3v) is 6.49. The van der Waals surface area contributed by atoms with Gasteiger partial charge in [0.2, 0.25) is 5.91 Å². The van der Waals surface area contributed by atoms with Gasteiger partial charge in [0.25, 0.3) is 5.91 Å². The summed E-state index contributed by atoms with van der Waals surface area (Å²) in [6.07, 6.45) is 2.57. The molecule has 0 aliphatic carbocycles. The summed E-state index contributed by atoms with van der Waals surface area (Å²) in [5, 5.41) is 7.32. The Kier molecular flexibility index (Phi) is 6.17. The molecule has 2 aliphatic rings. The minimum Gasteiger partial charge on any atom is -0.373 e. The van der Waals surface area contributed by atoms with E-state index >= 15 is 0 Å². The highest BCUT2D eigenvalue weighted by Crippen LogP contribution is 2.31. The molecule has 0 aromatic carbocycles. The first-order valence-corrected chi connectivity index (χ1v) is 11.4. The van der Waals surface area contributed by atoms with Gasteiger partial charge < -0.3 is 19.6 Å². The summed E-state index contributed by atoms with van der Waals surface area (Å²) in [5.74, 6) is 2.34. The Balaban J connectivity index is 1.63. The molecule has 1 N–H and O–H groups in total. The topological polar surface area (TPSA) is 104 Å². The van der Waals surface area contributed by atoms with Crippen molar-refractivity contribution in [3.8, 4) is 0 Å². The SMILES string of the molecule is CNc1nc([C@@H]2CCCN(C(C)=O)C2)nc2c1CCN(C(=O)c1c(C(C)C)noc1C)C2. The first-order valence-electron chi connectivity index (χ1n) is 11.4. The van der Waals surface area contributed by atoms with Crippen molar-refractivity contribution in [1.29, 1.82) is 0 Å². The molecule has 4 rings (SSSR count). The first-order chi connectivity index (χ1) is 15.3. The van der Waals surface area contributed by atoms with E-state index in [-0.39, 0.29) is 23.7 Å². The molecule has 4 heterocycles. The fraction of sp³-hybridized carbons (Fsp3) is 0.609. The van der Waals surface area contributed by atoms with Crippen LogP contribution in [0.5, 0.6) is 0 Å². The number of likely N-dealkylation sites (tertiary alicyclic amines) is 1. The molecule has 2 aromatic rings. The summed E-state index contributed by atoms with van der Waals surface area (Å²) in [4.78, 5) is 38.7. The number of nitrogens with zero attached hydrogens (tertiary/aromatic N) is 5. The minimum atomic E-state index is -0.0651. The number of fused-ring (bicyclic) bond motifs is 1. The zero-order valence-corrected chi connectivity index (χ0v) is 19.6. The normalized spacial score (nSPS) is 18.6. The number of piperidine rings is 1. The average molecular weight is 441 g/mol. The maximum absolute atomic E-state index is 13.4. The van der Waals surface area contributed by atoms with Crippen molar-refractivity contribution in [2.45, 2.75) is 65.3 Å². The molecule has 32 heavy (non-hydrogen) atoms. The van der Waals surface area contributed by atoms with E-state index in [4.69, 9.17) is 14.5 Å². The standard InChI is InChI=1S/C23H32N6O3/c1-13(2)20-19(14(3)32-27-20)23(31)29-10-8-17-18(12-29)25-21(26-22(17)24-5)16-7-6-9-28(11-16)15(4)30/h13,16H,6-12H2,1-5H3,(H,24,25,26)/t16-/m1/s1. The zero-order chi connectivity index (χ0) is 23.0. The van der Waals surface area contributed by atoms with Gasteiger partial charge in [-0.15, -0.1) is 0 Å². The molecule has 2 aliphatic heterocycles. The van der Waals surface area contributed by atoms with E-state index in [0.29, 0.717) is 43.1 Å². The lowest BCUT2D eigenvalue weighted by Gasteiger charge is -2.33. The highest BCUT2D eigenvalue weighted by atomic mass is 16.5. The van der Waals surface area contributed by atoms with Crippen molar-refractivity contribution in [2.24, 2.45) is 0 Å². The van der Waals surface area contributed by atoms with Crippen LogP contribution in [0.3, 0.4) is 0 Å². The molecular formula is C23H32N6O3. The maximum atomic E-state index is 13.4. The number of aromatic nitrogens is 3. The summed E-state index contributed by atoms with van der Waals surface area (Å²) in [5.41, 5.74) is 3.20. The Labute approximate surface area is 188 Å². The molecule has 2 aromatic heterocycles. The van der Waals surface area contributed by atoms with Crippen LogP contribution in [0.1, 0.15) is 84.3 Å². The number of hydrogen-bond acceptors (Lipinski definition) is 7. The predicted molar refractivity (Wildman–Crippen MR) is 120 cm³/mol. The van der Waals surface area contributed by atoms with Gasteiger partial charge in [0.15, 0.2) is 0 Å². The second-order valence-corrected chi connectivity index (χ2v) is 9.04. The van der Waals surface area contributed by atoms with Gasteiger partial charge in [0.1, 0.15) is 23.0 Å². The van der Waals surface area contributed by atoms with Gasteiger partial charge in [-0.1, -0.05) is 19.0 Å². The van der Waals surface area contributed by atoms with Gasteiger partial charge >= 0.3 is 0 Å². The molecule has 9 heteroatoms. The maximum Gasteiger partial charge on any atom is 0.259 e. The molecule has 1 saturated heterocycles. The van der Waals surface area contributed by atoms with E-state index in [1.54, 1.807) is 13.8 Å². The summed E-state index contributed by atoms with van der Waals surface area (Å²) in [7, 11) is 1.86. The van der Waals surface area contributed by atoms with E-state index in [1.807, 2.05) is 30.7 Å². The van der Waals surface area contributed by atoms with E-state index < -0.39 is 0 Å². The second-order valence-electron chi connectivity index (χ2n) is 9.04. The van der Waals surface area contributed by atoms with Gasteiger partial charge in [0, 0.05) is 45.1 Å². The van der Waals surface area contributed by atoms with Crippen molar-refractivity contribution in [3.05, 3.63) is 34.1 Å². The zero-order valence-electron chi connectivity index (χ0n) is 19.6. The van der Waals surface area contributed by atoms with Gasteiger partial charge in [-0.2, -0.15) is 0 Å². The Morgan fingerprint density at radius 1 is 1.19 bits per heavy atom. The van der Waals surface area contributed by atoms with E-state index in [1.165, 1.54) is 0 Å². The van der Waals surface area contributed by atoms with Gasteiger partial charge in [-0.05, 0) is 32.1 Å². The lowest BCUT2D eigenvalue weighted by atomic mass is 9.96. The van der Waals surface area contributed by atoms with Crippen LogP contribution in [0.25, 0.3) is 0 Å². The van der Waals surface area contributed by atoms with Gasteiger partial charge in [-0.3, -0.25) is 9.59 Å². The number of aryl methyl sites for hydroxylation is 1. The van der Waals surface area contributed by atoms with Crippen molar-refractivity contribution in [1.82, 2.24) is 24.9 Å². The summed E-state index contributed by atoms with van der Waals surface area (Å²) in [6.45, 7) is 9.84. The predicted octanol–water partition coefficient (Wildman–Crippen LogP) is 2.86. The lowest BCUT2D eigenvalue weighted by Crippen LogP contribution is -2.39. The first kappa shape index (κ1) is 22.2. The number of amides is 2. The lowest BCUT2D eigenvalue weighted by molar-refractivity contribution is -0.130. The number of carbonyl (C=O) groups excluding carboxylic acids is 2. The van der Waals surface area contributed by atoms with Crippen LogP contribution in [-0.2, 0) is 17.8 Å². The second kappa shape index (κ2) is 8.88. The molecular weight excluding hydrogens is 408 g/mol. The summed E-state index contributed by atoms with van der Waals surface area (Å²) in [6, 6.07) is 0. The van der Waals surface area contributed by atoms with Gasteiger partial charge in [0.05, 0.1) is 17.9 Å². The fourth-order valence-corrected chi connectivity index (χ4v) is 4.69. The van der Waals surface area contributed by atoms with Gasteiger partial charge in [-0.25, -0.2) is 9.97 Å². The molecule has 0 saturated carbocycles. The quantitative estimate of drug-likeness (QED) is 0.779. The van der Waals surface area contributed by atoms with Crippen LogP contribution in [0.4, 0.5) is 5.82 Å². The number of hydrogen-bond donors (Lipinski definition) is 1. The minimum absolute atomic E-state index is 0.0651. The van der Waals surface area contributed by atoms with Crippen LogP contribution in [-0.4, -0.2) is 63.4 Å². The molecule has 0 spiro atoms. The third-order valence-electron chi connectivity index (χ3n) is 6.49. The van der Waals surface area contributed by atoms with Crippen molar-refractivity contribution in [2.75, 3.05) is 32.0 Å². The Morgan fingerprint density at radius 3 is 2.66 bits per heavy atom. The number of nitrogens with one attached hydrogen (secondary N) is 1. The van der Waals surface area contributed by atoms with Crippen LogP contribution < -0.4 is 5.32 Å². The van der Waals surface area contributed by atoms with Crippen LogP contribution in [0.15, 0.2) is 4.52 Å². The summed E-state index contributed by atoms with van der Waals surface area (Å²) >= 11 is 0. The Bertz CT molecular complexity index is 1030. The van der Waals surface area contributed by atoms with Crippen LogP contribution in [0.2, 0.25) is 0 Å². The highest BCUT2D eigenvalue weighted by Gasteiger charge is 2.32. The van der Waals surface area contributed by atoms with E-state index in [2.05, 4.69) is 10.5 Å². The Hall–Kier alpha value is -2.97. The summed E-state index contributed by atoms with van der Waals surface area (Å²) < 4.78 is 5.34. The number of anilines is 1. The monoisotopic (exact) mass is 440 g/mol. The molecule has 172 valence electrons. The van der Waals surface area contributed by atoms with Crippen LogP contribution in [0, 0.1) is 6.92 Å². The fourth-order valence-electron chi connectivity index (χ4n) is 4.69. The highest BCUT2D eigenvalue weighted by molar-refractivity contribution is 5.96. The molecule has 0 radical (unpaired) electrons. The molecule has 2 amide bonds. The molecule has 9 nitrogen and oxygen atoms in total. The van der Waals surface area contributed by atoms with Crippen LogP contribution >= 0.6 is 0 Å². The molecule has 1 fully saturated rings. The average Bonchev–Trinajstić information content (AvgIpc) is 3.19. The largest absolute Gasteiger partial charge is 0.373 e. The smallest absolute Gasteiger partial charge is 0.259 e. The van der Waals surface area contributed by atoms with Crippen molar-refractivity contribution >= 4 is 17.6 Å². The molecule has 0 bridgehead atoms. The Morgan fingerprint density at radius 2 is 1.97 bits per heavy atom. The molecule has 0 unspecified atom stereocenters. The van der Waals surface area contributed by atoms with Crippen molar-refractivity contribution < 1.29 is 14.1 Å². The van der Waals surface area contributed by atoms with E-state index in [0.717, 1.165) is 42.3 Å². The number of rotatable bonds is 4. The van der Waals surface area contributed by atoms with Crippen molar-refractivity contribution in [3.63, 3.8) is 0 Å². The van der Waals surface area contributed by atoms with E-state index in [9.17, 15) is 9.59 Å².